The van der Waals surface area contributed by atoms with Crippen LogP contribution in [0, 0.1) is 0 Å². The zero-order valence-corrected chi connectivity index (χ0v) is 17.3. The number of aromatic nitrogens is 2. The lowest BCUT2D eigenvalue weighted by Crippen LogP contribution is -2.47. The Hall–Kier alpha value is -3.32. The normalized spacial score (nSPS) is 15.1. The number of imidazole rings is 1. The number of rotatable bonds is 6. The summed E-state index contributed by atoms with van der Waals surface area (Å²) in [4.78, 5) is 21.3. The highest BCUT2D eigenvalue weighted by Crippen LogP contribution is 2.28. The van der Waals surface area contributed by atoms with Crippen LogP contribution in [0.25, 0.3) is 11.7 Å². The van der Waals surface area contributed by atoms with Crippen LogP contribution in [0.2, 0.25) is 0 Å². The Balaban J connectivity index is 1.32. The molecule has 2 aromatic heterocycles. The highest BCUT2D eigenvalue weighted by Gasteiger charge is 2.20. The number of hydrogen-bond acceptors (Lipinski definition) is 5. The SMILES string of the molecule is COc1ccc(/C=C/C(=O)N2CCN(Cc3cnc4ccccn34)CC2)cc1OC. The van der Waals surface area contributed by atoms with Crippen molar-refractivity contribution in [2.75, 3.05) is 40.4 Å². The van der Waals surface area contributed by atoms with E-state index in [2.05, 4.69) is 14.3 Å². The zero-order valence-electron chi connectivity index (χ0n) is 17.3. The van der Waals surface area contributed by atoms with Crippen LogP contribution in [0.4, 0.5) is 0 Å². The highest BCUT2D eigenvalue weighted by molar-refractivity contribution is 5.92. The molecular weight excluding hydrogens is 380 g/mol. The molecule has 3 heterocycles. The number of ether oxygens (including phenoxy) is 2. The van der Waals surface area contributed by atoms with Crippen LogP contribution in [-0.2, 0) is 11.3 Å². The number of piperazine rings is 1. The molecule has 1 aliphatic rings. The Bertz CT molecular complexity index is 1050. The average Bonchev–Trinajstić information content (AvgIpc) is 3.20. The number of amides is 1. The first-order valence-corrected chi connectivity index (χ1v) is 10.0. The van der Waals surface area contributed by atoms with Crippen LogP contribution >= 0.6 is 0 Å². The van der Waals surface area contributed by atoms with E-state index in [1.54, 1.807) is 20.3 Å². The smallest absolute Gasteiger partial charge is 0.246 e. The molecule has 1 amide bonds. The molecule has 0 radical (unpaired) electrons. The third kappa shape index (κ3) is 4.31. The first kappa shape index (κ1) is 20.0. The van der Waals surface area contributed by atoms with Gasteiger partial charge in [0.15, 0.2) is 11.5 Å². The maximum absolute atomic E-state index is 12.6. The number of pyridine rings is 1. The van der Waals surface area contributed by atoms with Crippen molar-refractivity contribution >= 4 is 17.6 Å². The van der Waals surface area contributed by atoms with Gasteiger partial charge in [-0.2, -0.15) is 0 Å². The first-order chi connectivity index (χ1) is 14.7. The van der Waals surface area contributed by atoms with E-state index in [1.807, 2.05) is 59.8 Å². The maximum atomic E-state index is 12.6. The van der Waals surface area contributed by atoms with Gasteiger partial charge in [-0.05, 0) is 35.9 Å². The second-order valence-corrected chi connectivity index (χ2v) is 7.23. The van der Waals surface area contributed by atoms with Gasteiger partial charge in [-0.3, -0.25) is 9.69 Å². The molecular formula is C23H26N4O3. The van der Waals surface area contributed by atoms with Crippen molar-refractivity contribution in [2.45, 2.75) is 6.54 Å². The zero-order chi connectivity index (χ0) is 20.9. The molecule has 7 nitrogen and oxygen atoms in total. The van der Waals surface area contributed by atoms with E-state index in [4.69, 9.17) is 9.47 Å². The van der Waals surface area contributed by atoms with E-state index >= 15 is 0 Å². The number of carbonyl (C=O) groups is 1. The lowest BCUT2D eigenvalue weighted by molar-refractivity contribution is -0.127. The molecule has 1 aliphatic heterocycles. The quantitative estimate of drug-likeness (QED) is 0.589. The van der Waals surface area contributed by atoms with Gasteiger partial charge in [0.2, 0.25) is 5.91 Å². The molecule has 0 unspecified atom stereocenters. The monoisotopic (exact) mass is 406 g/mol. The largest absolute Gasteiger partial charge is 0.493 e. The molecule has 30 heavy (non-hydrogen) atoms. The summed E-state index contributed by atoms with van der Waals surface area (Å²) in [5, 5.41) is 0. The minimum Gasteiger partial charge on any atom is -0.493 e. The molecule has 0 aliphatic carbocycles. The standard InChI is InChI=1S/C23H26N4O3/c1-29-20-8-6-18(15-21(20)30-2)7-9-23(28)26-13-11-25(12-14-26)17-19-16-24-22-5-3-4-10-27(19)22/h3-10,15-16H,11-14,17H2,1-2H3/b9-7+. The second kappa shape index (κ2) is 9.00. The number of carbonyl (C=O) groups excluding carboxylic acids is 1. The summed E-state index contributed by atoms with van der Waals surface area (Å²) < 4.78 is 12.7. The lowest BCUT2D eigenvalue weighted by atomic mass is 10.2. The summed E-state index contributed by atoms with van der Waals surface area (Å²) in [6.45, 7) is 3.94. The van der Waals surface area contributed by atoms with Crippen LogP contribution in [0.1, 0.15) is 11.3 Å². The molecule has 156 valence electrons. The van der Waals surface area contributed by atoms with Gasteiger partial charge >= 0.3 is 0 Å². The fourth-order valence-electron chi connectivity index (χ4n) is 3.69. The topological polar surface area (TPSA) is 59.3 Å². The summed E-state index contributed by atoms with van der Waals surface area (Å²) in [7, 11) is 3.20. The van der Waals surface area contributed by atoms with E-state index in [9.17, 15) is 4.79 Å². The van der Waals surface area contributed by atoms with Crippen molar-refractivity contribution in [1.82, 2.24) is 19.2 Å². The van der Waals surface area contributed by atoms with Gasteiger partial charge in [0.05, 0.1) is 26.1 Å². The van der Waals surface area contributed by atoms with Gasteiger partial charge in [-0.25, -0.2) is 4.98 Å². The van der Waals surface area contributed by atoms with Crippen molar-refractivity contribution in [3.05, 3.63) is 66.1 Å². The number of hydrogen-bond donors (Lipinski definition) is 0. The van der Waals surface area contributed by atoms with Gasteiger partial charge < -0.3 is 18.8 Å². The van der Waals surface area contributed by atoms with E-state index < -0.39 is 0 Å². The van der Waals surface area contributed by atoms with Gasteiger partial charge in [-0.1, -0.05) is 12.1 Å². The molecule has 3 aromatic rings. The summed E-state index contributed by atoms with van der Waals surface area (Å²) in [6, 6.07) is 11.6. The van der Waals surface area contributed by atoms with Crippen LogP contribution in [0.15, 0.2) is 54.9 Å². The highest BCUT2D eigenvalue weighted by atomic mass is 16.5. The minimum absolute atomic E-state index is 0.0271. The van der Waals surface area contributed by atoms with E-state index in [0.29, 0.717) is 24.6 Å². The number of methoxy groups -OCH3 is 2. The van der Waals surface area contributed by atoms with Crippen LogP contribution < -0.4 is 9.47 Å². The molecule has 0 spiro atoms. The Kier molecular flexibility index (Phi) is 5.99. The van der Waals surface area contributed by atoms with Crippen LogP contribution in [0.3, 0.4) is 0 Å². The third-order valence-electron chi connectivity index (χ3n) is 5.39. The molecule has 0 bridgehead atoms. The molecule has 0 saturated carbocycles. The van der Waals surface area contributed by atoms with Gasteiger partial charge in [0.25, 0.3) is 0 Å². The predicted molar refractivity (Wildman–Crippen MR) is 116 cm³/mol. The maximum Gasteiger partial charge on any atom is 0.246 e. The molecule has 4 rings (SSSR count). The Morgan fingerprint density at radius 1 is 1.07 bits per heavy atom. The molecule has 1 fully saturated rings. The minimum atomic E-state index is 0.0271. The number of benzene rings is 1. The fourth-order valence-corrected chi connectivity index (χ4v) is 3.69. The van der Waals surface area contributed by atoms with Crippen molar-refractivity contribution in [1.29, 1.82) is 0 Å². The average molecular weight is 406 g/mol. The summed E-state index contributed by atoms with van der Waals surface area (Å²) >= 11 is 0. The van der Waals surface area contributed by atoms with Gasteiger partial charge in [0, 0.05) is 45.0 Å². The fraction of sp³-hybridized carbons (Fsp3) is 0.304. The molecule has 0 atom stereocenters. The third-order valence-corrected chi connectivity index (χ3v) is 5.39. The number of fused-ring (bicyclic) bond motifs is 1. The Morgan fingerprint density at radius 2 is 1.87 bits per heavy atom. The van der Waals surface area contributed by atoms with E-state index in [1.165, 1.54) is 5.69 Å². The van der Waals surface area contributed by atoms with E-state index in [-0.39, 0.29) is 5.91 Å². The second-order valence-electron chi connectivity index (χ2n) is 7.23. The van der Waals surface area contributed by atoms with Gasteiger partial charge in [0.1, 0.15) is 5.65 Å². The van der Waals surface area contributed by atoms with Crippen molar-refractivity contribution in [2.24, 2.45) is 0 Å². The summed E-state index contributed by atoms with van der Waals surface area (Å²) in [5.41, 5.74) is 3.02. The van der Waals surface area contributed by atoms with Crippen molar-refractivity contribution in [3.8, 4) is 11.5 Å². The van der Waals surface area contributed by atoms with Crippen molar-refractivity contribution in [3.63, 3.8) is 0 Å². The summed E-state index contributed by atoms with van der Waals surface area (Å²) in [5.74, 6) is 1.34. The van der Waals surface area contributed by atoms with Crippen molar-refractivity contribution < 1.29 is 14.3 Å². The van der Waals surface area contributed by atoms with Crippen LogP contribution in [0.5, 0.6) is 11.5 Å². The molecule has 0 N–H and O–H groups in total. The summed E-state index contributed by atoms with van der Waals surface area (Å²) in [6.07, 6.45) is 7.41. The van der Waals surface area contributed by atoms with E-state index in [0.717, 1.165) is 30.8 Å². The molecule has 1 saturated heterocycles. The lowest BCUT2D eigenvalue weighted by Gasteiger charge is -2.34. The first-order valence-electron chi connectivity index (χ1n) is 10.0. The predicted octanol–water partition coefficient (Wildman–Crippen LogP) is 2.71. The van der Waals surface area contributed by atoms with Crippen LogP contribution in [-0.4, -0.2) is 65.5 Å². The Morgan fingerprint density at radius 3 is 2.63 bits per heavy atom. The number of nitrogens with zero attached hydrogens (tertiary/aromatic N) is 4. The molecule has 1 aromatic carbocycles. The molecule has 7 heteroatoms. The van der Waals surface area contributed by atoms with Gasteiger partial charge in [-0.15, -0.1) is 0 Å². The Labute approximate surface area is 176 Å².